The average molecular weight is 280 g/mol. The molecule has 3 rings (SSSR count). The Kier molecular flexibility index (Phi) is 2.97. The minimum absolute atomic E-state index is 0.0179. The Morgan fingerprint density at radius 3 is 2.53 bits per heavy atom. The van der Waals surface area contributed by atoms with Gasteiger partial charge in [0.05, 0.1) is 10.7 Å². The van der Waals surface area contributed by atoms with Crippen LogP contribution in [0.1, 0.15) is 29.6 Å². The maximum Gasteiger partial charge on any atom is 0.339 e. The molecule has 1 aromatic carbocycles. The molecule has 2 atom stereocenters. The highest BCUT2D eigenvalue weighted by molar-refractivity contribution is 6.34. The van der Waals surface area contributed by atoms with Crippen molar-refractivity contribution < 1.29 is 14.7 Å². The predicted octanol–water partition coefficient (Wildman–Crippen LogP) is 3.02. The van der Waals surface area contributed by atoms with E-state index < -0.39 is 5.97 Å². The van der Waals surface area contributed by atoms with Gasteiger partial charge in [-0.1, -0.05) is 17.7 Å². The highest BCUT2D eigenvalue weighted by atomic mass is 35.5. The van der Waals surface area contributed by atoms with Gasteiger partial charge in [0.1, 0.15) is 5.56 Å². The number of benzene rings is 1. The van der Waals surface area contributed by atoms with Crippen LogP contribution in [-0.4, -0.2) is 17.0 Å². The zero-order chi connectivity index (χ0) is 13.6. The Hall–Kier alpha value is -1.55. The standard InChI is InChI=1S/C14H14ClNO3/c15-10-2-1-3-11(12(10)14(18)19)16-13(17)9-5-7-4-8(7)6-9/h1-3,7-9H,4-6H2,(H,16,17)(H,18,19). The summed E-state index contributed by atoms with van der Waals surface area (Å²) in [5.74, 6) is 0.236. The summed E-state index contributed by atoms with van der Waals surface area (Å²) in [6.07, 6.45) is 3.11. The zero-order valence-corrected chi connectivity index (χ0v) is 11.0. The Balaban J connectivity index is 1.77. The molecule has 0 saturated heterocycles. The van der Waals surface area contributed by atoms with Gasteiger partial charge in [0.15, 0.2) is 0 Å². The van der Waals surface area contributed by atoms with Crippen LogP contribution in [0.3, 0.4) is 0 Å². The first-order valence-electron chi connectivity index (χ1n) is 6.39. The van der Waals surface area contributed by atoms with Crippen LogP contribution in [0.4, 0.5) is 5.69 Å². The lowest BCUT2D eigenvalue weighted by Gasteiger charge is -2.14. The van der Waals surface area contributed by atoms with Crippen LogP contribution in [0.15, 0.2) is 18.2 Å². The van der Waals surface area contributed by atoms with Gasteiger partial charge in [-0.3, -0.25) is 4.79 Å². The summed E-state index contributed by atoms with van der Waals surface area (Å²) < 4.78 is 0. The third-order valence-corrected chi connectivity index (χ3v) is 4.41. The molecule has 2 aliphatic carbocycles. The van der Waals surface area contributed by atoms with Gasteiger partial charge in [-0.2, -0.15) is 0 Å². The smallest absolute Gasteiger partial charge is 0.339 e. The monoisotopic (exact) mass is 279 g/mol. The first-order chi connectivity index (χ1) is 9.06. The van der Waals surface area contributed by atoms with E-state index in [9.17, 15) is 9.59 Å². The SMILES string of the molecule is O=C(O)c1c(Cl)cccc1NC(=O)C1CC2CC2C1. The fourth-order valence-electron chi connectivity index (χ4n) is 3.01. The van der Waals surface area contributed by atoms with E-state index in [1.807, 2.05) is 0 Å². The van der Waals surface area contributed by atoms with Crippen molar-refractivity contribution in [3.05, 3.63) is 28.8 Å². The summed E-state index contributed by atoms with van der Waals surface area (Å²) in [7, 11) is 0. The van der Waals surface area contributed by atoms with Gasteiger partial charge in [-0.15, -0.1) is 0 Å². The molecule has 0 bridgehead atoms. The summed E-state index contributed by atoms with van der Waals surface area (Å²) in [6.45, 7) is 0. The lowest BCUT2D eigenvalue weighted by atomic mass is 10.0. The molecule has 2 fully saturated rings. The van der Waals surface area contributed by atoms with Crippen molar-refractivity contribution in [2.24, 2.45) is 17.8 Å². The molecule has 2 saturated carbocycles. The third-order valence-electron chi connectivity index (χ3n) is 4.10. The van der Waals surface area contributed by atoms with Crippen LogP contribution in [0.5, 0.6) is 0 Å². The molecule has 2 unspecified atom stereocenters. The highest BCUT2D eigenvalue weighted by Gasteiger charge is 2.48. The number of fused-ring (bicyclic) bond motifs is 1. The first-order valence-corrected chi connectivity index (χ1v) is 6.76. The van der Waals surface area contributed by atoms with E-state index in [1.165, 1.54) is 12.5 Å². The second-order valence-electron chi connectivity index (χ2n) is 5.38. The van der Waals surface area contributed by atoms with Crippen LogP contribution in [0.25, 0.3) is 0 Å². The topological polar surface area (TPSA) is 66.4 Å². The zero-order valence-electron chi connectivity index (χ0n) is 10.2. The van der Waals surface area contributed by atoms with E-state index in [-0.39, 0.29) is 28.1 Å². The number of halogens is 1. The highest BCUT2D eigenvalue weighted by Crippen LogP contribution is 2.54. The second-order valence-corrected chi connectivity index (χ2v) is 5.79. The van der Waals surface area contributed by atoms with Gasteiger partial charge < -0.3 is 10.4 Å². The molecule has 2 N–H and O–H groups in total. The molecule has 0 spiro atoms. The summed E-state index contributed by atoms with van der Waals surface area (Å²) in [5, 5.41) is 12.0. The maximum atomic E-state index is 12.1. The van der Waals surface area contributed by atoms with Gasteiger partial charge in [0.2, 0.25) is 5.91 Å². The molecule has 0 aromatic heterocycles. The Bertz CT molecular complexity index is 548. The van der Waals surface area contributed by atoms with E-state index >= 15 is 0 Å². The number of nitrogens with one attached hydrogen (secondary N) is 1. The molecular formula is C14H14ClNO3. The maximum absolute atomic E-state index is 12.1. The lowest BCUT2D eigenvalue weighted by molar-refractivity contribution is -0.120. The van der Waals surface area contributed by atoms with E-state index in [2.05, 4.69) is 5.32 Å². The molecule has 0 aliphatic heterocycles. The summed E-state index contributed by atoms with van der Waals surface area (Å²) >= 11 is 5.87. The minimum Gasteiger partial charge on any atom is -0.478 e. The van der Waals surface area contributed by atoms with Gasteiger partial charge in [-0.05, 0) is 43.2 Å². The third kappa shape index (κ3) is 2.32. The Morgan fingerprint density at radius 2 is 1.89 bits per heavy atom. The van der Waals surface area contributed by atoms with E-state index in [0.717, 1.165) is 12.8 Å². The van der Waals surface area contributed by atoms with Gasteiger partial charge >= 0.3 is 5.97 Å². The number of hydrogen-bond acceptors (Lipinski definition) is 2. The lowest BCUT2D eigenvalue weighted by Crippen LogP contribution is -2.23. The van der Waals surface area contributed by atoms with Crippen molar-refractivity contribution in [2.75, 3.05) is 5.32 Å². The van der Waals surface area contributed by atoms with Crippen molar-refractivity contribution in [3.8, 4) is 0 Å². The molecule has 1 aromatic rings. The molecule has 0 heterocycles. The largest absolute Gasteiger partial charge is 0.478 e. The predicted molar refractivity (Wildman–Crippen MR) is 71.4 cm³/mol. The number of carbonyl (C=O) groups is 2. The van der Waals surface area contributed by atoms with Crippen LogP contribution < -0.4 is 5.32 Å². The van der Waals surface area contributed by atoms with Crippen molar-refractivity contribution in [3.63, 3.8) is 0 Å². The number of amides is 1. The average Bonchev–Trinajstić information content (AvgIpc) is 2.95. The summed E-state index contributed by atoms with van der Waals surface area (Å²) in [4.78, 5) is 23.3. The second kappa shape index (κ2) is 4.53. The molecule has 4 nitrogen and oxygen atoms in total. The fraction of sp³-hybridized carbons (Fsp3) is 0.429. The van der Waals surface area contributed by atoms with E-state index in [0.29, 0.717) is 11.8 Å². The van der Waals surface area contributed by atoms with Gasteiger partial charge in [-0.25, -0.2) is 4.79 Å². The quantitative estimate of drug-likeness (QED) is 0.894. The van der Waals surface area contributed by atoms with Crippen LogP contribution >= 0.6 is 11.6 Å². The Morgan fingerprint density at radius 1 is 1.21 bits per heavy atom. The Labute approximate surface area is 115 Å². The molecule has 2 aliphatic rings. The van der Waals surface area contributed by atoms with Crippen LogP contribution in [0.2, 0.25) is 5.02 Å². The number of hydrogen-bond donors (Lipinski definition) is 2. The molecule has 19 heavy (non-hydrogen) atoms. The number of rotatable bonds is 3. The molecule has 100 valence electrons. The van der Waals surface area contributed by atoms with Gasteiger partial charge in [0, 0.05) is 5.92 Å². The number of anilines is 1. The number of carbonyl (C=O) groups excluding carboxylic acids is 1. The number of carboxylic acids is 1. The molecule has 0 radical (unpaired) electrons. The molecule has 1 amide bonds. The van der Waals surface area contributed by atoms with Crippen molar-refractivity contribution in [1.29, 1.82) is 0 Å². The molecular weight excluding hydrogens is 266 g/mol. The van der Waals surface area contributed by atoms with E-state index in [4.69, 9.17) is 16.7 Å². The van der Waals surface area contributed by atoms with Crippen LogP contribution in [0, 0.1) is 17.8 Å². The van der Waals surface area contributed by atoms with E-state index in [1.54, 1.807) is 12.1 Å². The normalized spacial score (nSPS) is 27.7. The minimum atomic E-state index is -1.13. The van der Waals surface area contributed by atoms with Gasteiger partial charge in [0.25, 0.3) is 0 Å². The van der Waals surface area contributed by atoms with Crippen molar-refractivity contribution in [1.82, 2.24) is 0 Å². The van der Waals surface area contributed by atoms with Crippen LogP contribution in [-0.2, 0) is 4.79 Å². The van der Waals surface area contributed by atoms with Crippen molar-refractivity contribution >= 4 is 29.2 Å². The number of aromatic carboxylic acids is 1. The summed E-state index contributed by atoms with van der Waals surface area (Å²) in [6, 6.07) is 4.71. The summed E-state index contributed by atoms with van der Waals surface area (Å²) in [5.41, 5.74) is 0.242. The first kappa shape index (κ1) is 12.5. The van der Waals surface area contributed by atoms with Crippen molar-refractivity contribution in [2.45, 2.75) is 19.3 Å². The number of carboxylic acid groups (broad SMARTS) is 1. The fourth-order valence-corrected chi connectivity index (χ4v) is 3.26. The molecule has 5 heteroatoms.